The van der Waals surface area contributed by atoms with Crippen molar-refractivity contribution in [3.63, 3.8) is 0 Å². The van der Waals surface area contributed by atoms with E-state index in [9.17, 15) is 4.57 Å². The van der Waals surface area contributed by atoms with Crippen LogP contribution in [-0.2, 0) is 13.6 Å². The summed E-state index contributed by atoms with van der Waals surface area (Å²) in [6, 6.07) is 5.69. The topological polar surface area (TPSA) is 82.8 Å². The smallest absolute Gasteiger partial charge is 0.334 e. The van der Waals surface area contributed by atoms with E-state index in [-0.39, 0.29) is 6.16 Å². The molecule has 0 bridgehead atoms. The van der Waals surface area contributed by atoms with Gasteiger partial charge in [0.05, 0.1) is 25.1 Å². The van der Waals surface area contributed by atoms with E-state index in [0.29, 0.717) is 31.3 Å². The average Bonchev–Trinajstić information content (AvgIpc) is 2.47. The lowest BCUT2D eigenvalue weighted by atomic mass is 10.2. The van der Waals surface area contributed by atoms with E-state index in [2.05, 4.69) is 5.43 Å². The molecule has 0 unspecified atom stereocenters. The molecule has 124 valence electrons. The van der Waals surface area contributed by atoms with Crippen LogP contribution in [0.2, 0.25) is 0 Å². The minimum Gasteiger partial charge on any atom is -0.487 e. The Hall–Kier alpha value is -1.33. The fourth-order valence-corrected chi connectivity index (χ4v) is 3.29. The Bertz CT molecular complexity index is 524. The van der Waals surface area contributed by atoms with Gasteiger partial charge < -0.3 is 19.2 Å². The third-order valence-corrected chi connectivity index (χ3v) is 4.74. The average molecular weight is 328 g/mol. The highest BCUT2D eigenvalue weighted by molar-refractivity contribution is 7.54. The van der Waals surface area contributed by atoms with Crippen LogP contribution in [0.4, 0.5) is 5.69 Å². The maximum atomic E-state index is 12.2. The molecule has 0 aliphatic carbocycles. The summed E-state index contributed by atoms with van der Waals surface area (Å²) in [6.07, 6.45) is 3.76. The normalized spacial score (nSPS) is 11.8. The van der Waals surface area contributed by atoms with Crippen molar-refractivity contribution in [2.75, 3.05) is 31.4 Å². The molecule has 0 saturated heterocycles. The fraction of sp³-hybridized carbons (Fsp3) is 0.467. The predicted molar refractivity (Wildman–Crippen MR) is 89.3 cm³/mol. The van der Waals surface area contributed by atoms with Gasteiger partial charge >= 0.3 is 7.60 Å². The Morgan fingerprint density at radius 1 is 1.23 bits per heavy atom. The van der Waals surface area contributed by atoms with Gasteiger partial charge in [-0.25, -0.2) is 0 Å². The van der Waals surface area contributed by atoms with Crippen LogP contribution in [0.5, 0.6) is 5.75 Å². The Kier molecular flexibility index (Phi) is 8.20. The van der Waals surface area contributed by atoms with Gasteiger partial charge in [-0.2, -0.15) is 0 Å². The van der Waals surface area contributed by atoms with Crippen molar-refractivity contribution in [1.29, 1.82) is 0 Å². The first-order valence-electron chi connectivity index (χ1n) is 7.27. The number of hydrazine groups is 1. The van der Waals surface area contributed by atoms with Crippen LogP contribution < -0.4 is 16.0 Å². The third kappa shape index (κ3) is 6.20. The molecule has 0 aliphatic heterocycles. The number of hydrogen-bond acceptors (Lipinski definition) is 6. The van der Waals surface area contributed by atoms with Gasteiger partial charge in [0.15, 0.2) is 0 Å². The molecule has 22 heavy (non-hydrogen) atoms. The summed E-state index contributed by atoms with van der Waals surface area (Å²) in [6.45, 7) is 6.61. The van der Waals surface area contributed by atoms with Crippen LogP contribution in [0.3, 0.4) is 0 Å². The molecule has 0 aromatic heterocycles. The molecule has 7 heteroatoms. The molecule has 1 rings (SSSR count). The number of hydrogen-bond donors (Lipinski definition) is 2. The molecule has 0 aliphatic rings. The van der Waals surface area contributed by atoms with Gasteiger partial charge in [0.1, 0.15) is 12.4 Å². The van der Waals surface area contributed by atoms with E-state index in [0.717, 1.165) is 5.56 Å². The highest BCUT2D eigenvalue weighted by Gasteiger charge is 2.20. The van der Waals surface area contributed by atoms with Crippen LogP contribution in [0.25, 0.3) is 0 Å². The summed E-state index contributed by atoms with van der Waals surface area (Å²) in [5.41, 5.74) is 4.38. The number of anilines is 1. The van der Waals surface area contributed by atoms with Gasteiger partial charge in [-0.05, 0) is 38.5 Å². The van der Waals surface area contributed by atoms with Crippen LogP contribution in [0, 0.1) is 6.92 Å². The number of nitrogens with one attached hydrogen (secondary N) is 1. The molecule has 0 heterocycles. The Labute approximate surface area is 132 Å². The van der Waals surface area contributed by atoms with Gasteiger partial charge in [-0.15, -0.1) is 0 Å². The molecule has 0 saturated carbocycles. The van der Waals surface area contributed by atoms with E-state index in [1.165, 1.54) is 0 Å². The second kappa shape index (κ2) is 9.64. The monoisotopic (exact) mass is 328 g/mol. The summed E-state index contributed by atoms with van der Waals surface area (Å²) in [4.78, 5) is 0. The van der Waals surface area contributed by atoms with E-state index >= 15 is 0 Å². The zero-order chi connectivity index (χ0) is 16.4. The van der Waals surface area contributed by atoms with Gasteiger partial charge in [0.2, 0.25) is 0 Å². The van der Waals surface area contributed by atoms with Gasteiger partial charge in [0.25, 0.3) is 0 Å². The van der Waals surface area contributed by atoms with Crippen LogP contribution in [0.1, 0.15) is 19.4 Å². The molecule has 3 N–H and O–H groups in total. The molecular weight excluding hydrogens is 303 g/mol. The number of allylic oxidation sites excluding steroid dienone is 1. The standard InChI is InChI=1S/C15H25N2O4P/c1-4-20-22(18,21-5-2)11-7-6-10-19-15-12-13(3)8-9-14(15)17-16/h6-9,12,17H,4-5,10-11,16H2,1-3H3/b7-6+. The molecule has 0 fully saturated rings. The summed E-state index contributed by atoms with van der Waals surface area (Å²) >= 11 is 0. The van der Waals surface area contributed by atoms with Crippen molar-refractivity contribution >= 4 is 13.3 Å². The summed E-state index contributed by atoms with van der Waals surface area (Å²) < 4.78 is 28.3. The van der Waals surface area contributed by atoms with Gasteiger partial charge in [-0.1, -0.05) is 18.2 Å². The molecule has 0 amide bonds. The number of nitrogen functional groups attached to an aromatic ring is 1. The first-order valence-corrected chi connectivity index (χ1v) is 9.00. The number of nitrogens with two attached hydrogens (primary N) is 1. The molecule has 0 radical (unpaired) electrons. The zero-order valence-corrected chi connectivity index (χ0v) is 14.3. The van der Waals surface area contributed by atoms with Crippen molar-refractivity contribution in [2.24, 2.45) is 5.84 Å². The Morgan fingerprint density at radius 2 is 1.91 bits per heavy atom. The van der Waals surface area contributed by atoms with E-state index < -0.39 is 7.60 Å². The van der Waals surface area contributed by atoms with Crippen molar-refractivity contribution in [2.45, 2.75) is 20.8 Å². The second-order valence-corrected chi connectivity index (χ2v) is 6.66. The van der Waals surface area contributed by atoms with Crippen molar-refractivity contribution in [1.82, 2.24) is 0 Å². The number of benzene rings is 1. The van der Waals surface area contributed by atoms with Gasteiger partial charge in [0, 0.05) is 0 Å². The van der Waals surface area contributed by atoms with Crippen LogP contribution >= 0.6 is 7.60 Å². The molecule has 0 spiro atoms. The maximum absolute atomic E-state index is 12.2. The third-order valence-electron chi connectivity index (χ3n) is 2.77. The van der Waals surface area contributed by atoms with Gasteiger partial charge in [-0.3, -0.25) is 10.4 Å². The molecule has 1 aromatic carbocycles. The first-order chi connectivity index (χ1) is 10.5. The fourth-order valence-electron chi connectivity index (χ4n) is 1.81. The number of rotatable bonds is 10. The predicted octanol–water partition coefficient (Wildman–Crippen LogP) is 3.48. The molecule has 6 nitrogen and oxygen atoms in total. The number of ether oxygens (including phenoxy) is 1. The maximum Gasteiger partial charge on any atom is 0.334 e. The highest BCUT2D eigenvalue weighted by Crippen LogP contribution is 2.47. The van der Waals surface area contributed by atoms with Crippen LogP contribution in [0.15, 0.2) is 30.4 Å². The molecule has 1 aromatic rings. The lowest BCUT2D eigenvalue weighted by molar-refractivity contribution is 0.222. The SMILES string of the molecule is CCOP(=O)(C/C=C/COc1cc(C)ccc1NN)OCC. The first kappa shape index (κ1) is 18.7. The lowest BCUT2D eigenvalue weighted by Gasteiger charge is -2.14. The van der Waals surface area contributed by atoms with Crippen LogP contribution in [-0.4, -0.2) is 26.0 Å². The lowest BCUT2D eigenvalue weighted by Crippen LogP contribution is -2.09. The minimum atomic E-state index is -3.03. The van der Waals surface area contributed by atoms with E-state index in [1.807, 2.05) is 25.1 Å². The highest BCUT2D eigenvalue weighted by atomic mass is 31.2. The van der Waals surface area contributed by atoms with Crippen molar-refractivity contribution in [3.05, 3.63) is 35.9 Å². The zero-order valence-electron chi connectivity index (χ0n) is 13.4. The number of aryl methyl sites for hydroxylation is 1. The Balaban J connectivity index is 2.53. The van der Waals surface area contributed by atoms with Crippen molar-refractivity contribution < 1.29 is 18.3 Å². The minimum absolute atomic E-state index is 0.230. The summed E-state index contributed by atoms with van der Waals surface area (Å²) in [5.74, 6) is 6.11. The summed E-state index contributed by atoms with van der Waals surface area (Å²) in [5, 5.41) is 0. The quantitative estimate of drug-likeness (QED) is 0.296. The van der Waals surface area contributed by atoms with E-state index in [4.69, 9.17) is 19.6 Å². The summed E-state index contributed by atoms with van der Waals surface area (Å²) in [7, 11) is -3.03. The Morgan fingerprint density at radius 3 is 2.50 bits per heavy atom. The second-order valence-electron chi connectivity index (χ2n) is 4.56. The molecular formula is C15H25N2O4P. The van der Waals surface area contributed by atoms with E-state index in [1.54, 1.807) is 26.0 Å². The van der Waals surface area contributed by atoms with Crippen molar-refractivity contribution in [3.8, 4) is 5.75 Å². The molecule has 0 atom stereocenters. The largest absolute Gasteiger partial charge is 0.487 e.